The summed E-state index contributed by atoms with van der Waals surface area (Å²) in [6.07, 6.45) is 1.25. The molecule has 66 valence electrons. The summed E-state index contributed by atoms with van der Waals surface area (Å²) in [4.78, 5) is 13.8. The first kappa shape index (κ1) is 7.72. The summed E-state index contributed by atoms with van der Waals surface area (Å²) < 4.78 is 17.6. The van der Waals surface area contributed by atoms with Gasteiger partial charge in [0.25, 0.3) is 5.95 Å². The number of pyridine rings is 1. The van der Waals surface area contributed by atoms with Crippen LogP contribution in [0.2, 0.25) is 0 Å². The molecule has 5 heteroatoms. The molecule has 2 aromatic rings. The van der Waals surface area contributed by atoms with Crippen molar-refractivity contribution >= 4 is 16.9 Å². The fourth-order valence-corrected chi connectivity index (χ4v) is 1.04. The number of aromatic nitrogens is 1. The minimum Gasteiger partial charge on any atom is -0.475 e. The topological polar surface area (TPSA) is 63.3 Å². The molecule has 0 saturated carbocycles. The second-order valence-electron chi connectivity index (χ2n) is 2.44. The summed E-state index contributed by atoms with van der Waals surface area (Å²) in [7, 11) is 0. The molecule has 2 rings (SSSR count). The molecular weight excluding hydrogens is 177 g/mol. The van der Waals surface area contributed by atoms with E-state index in [2.05, 4.69) is 4.98 Å². The van der Waals surface area contributed by atoms with Crippen LogP contribution in [0.1, 0.15) is 10.6 Å². The van der Waals surface area contributed by atoms with Crippen molar-refractivity contribution in [3.63, 3.8) is 0 Å². The number of furan rings is 1. The monoisotopic (exact) mass is 181 g/mol. The minimum absolute atomic E-state index is 0.125. The van der Waals surface area contributed by atoms with Crippen molar-refractivity contribution in [2.75, 3.05) is 0 Å². The van der Waals surface area contributed by atoms with Crippen LogP contribution in [-0.4, -0.2) is 16.1 Å². The van der Waals surface area contributed by atoms with Crippen molar-refractivity contribution in [2.45, 2.75) is 0 Å². The fraction of sp³-hybridized carbons (Fsp3) is 0. The SMILES string of the molecule is O=C(O)c1cc2ccnc(F)c2o1. The zero-order valence-corrected chi connectivity index (χ0v) is 6.32. The largest absolute Gasteiger partial charge is 0.475 e. The quantitative estimate of drug-likeness (QED) is 0.679. The highest BCUT2D eigenvalue weighted by atomic mass is 19.1. The molecule has 1 N–H and O–H groups in total. The number of hydrogen-bond acceptors (Lipinski definition) is 3. The zero-order chi connectivity index (χ0) is 9.42. The minimum atomic E-state index is -1.23. The summed E-state index contributed by atoms with van der Waals surface area (Å²) in [5.74, 6) is -2.32. The summed E-state index contributed by atoms with van der Waals surface area (Å²) in [6.45, 7) is 0. The Morgan fingerprint density at radius 2 is 2.38 bits per heavy atom. The van der Waals surface area contributed by atoms with Gasteiger partial charge in [-0.3, -0.25) is 0 Å². The summed E-state index contributed by atoms with van der Waals surface area (Å²) in [5, 5.41) is 8.93. The Bertz CT molecular complexity index is 477. The molecule has 13 heavy (non-hydrogen) atoms. The molecule has 0 amide bonds. The molecule has 0 spiro atoms. The van der Waals surface area contributed by atoms with Gasteiger partial charge < -0.3 is 9.52 Å². The van der Waals surface area contributed by atoms with E-state index in [1.807, 2.05) is 0 Å². The maximum absolute atomic E-state index is 12.9. The first-order chi connectivity index (χ1) is 6.18. The van der Waals surface area contributed by atoms with Gasteiger partial charge in [-0.05, 0) is 12.1 Å². The Labute approximate surface area is 71.6 Å². The molecule has 0 atom stereocenters. The normalized spacial score (nSPS) is 10.5. The van der Waals surface area contributed by atoms with Crippen LogP contribution in [0.4, 0.5) is 4.39 Å². The van der Waals surface area contributed by atoms with Gasteiger partial charge in [0.05, 0.1) is 0 Å². The van der Waals surface area contributed by atoms with Gasteiger partial charge in [-0.15, -0.1) is 0 Å². The second kappa shape index (κ2) is 2.55. The Morgan fingerprint density at radius 3 is 3.00 bits per heavy atom. The van der Waals surface area contributed by atoms with Gasteiger partial charge in [-0.25, -0.2) is 9.78 Å². The molecular formula is C8H4FNO3. The number of carboxylic acid groups (broad SMARTS) is 1. The van der Waals surface area contributed by atoms with Crippen molar-refractivity contribution in [1.82, 2.24) is 4.98 Å². The predicted molar refractivity (Wildman–Crippen MR) is 40.9 cm³/mol. The van der Waals surface area contributed by atoms with Crippen molar-refractivity contribution in [2.24, 2.45) is 0 Å². The Balaban J connectivity index is 2.75. The molecule has 0 aliphatic rings. The first-order valence-electron chi connectivity index (χ1n) is 3.46. The number of fused-ring (bicyclic) bond motifs is 1. The third kappa shape index (κ3) is 1.14. The van der Waals surface area contributed by atoms with Gasteiger partial charge in [-0.2, -0.15) is 4.39 Å². The number of nitrogens with zero attached hydrogens (tertiary/aromatic N) is 1. The van der Waals surface area contributed by atoms with Gasteiger partial charge in [0.1, 0.15) is 0 Å². The van der Waals surface area contributed by atoms with E-state index in [-0.39, 0.29) is 11.3 Å². The summed E-state index contributed by atoms with van der Waals surface area (Å²) in [6, 6.07) is 2.73. The number of rotatable bonds is 1. The van der Waals surface area contributed by atoms with Crippen molar-refractivity contribution in [3.8, 4) is 0 Å². The number of carboxylic acids is 1. The predicted octanol–water partition coefficient (Wildman–Crippen LogP) is 1.67. The van der Waals surface area contributed by atoms with Crippen LogP contribution in [0, 0.1) is 5.95 Å². The number of aromatic carboxylic acids is 1. The van der Waals surface area contributed by atoms with Gasteiger partial charge in [0, 0.05) is 11.6 Å². The average molecular weight is 181 g/mol. The lowest BCUT2D eigenvalue weighted by molar-refractivity contribution is 0.0665. The lowest BCUT2D eigenvalue weighted by Crippen LogP contribution is -1.91. The number of hydrogen-bond donors (Lipinski definition) is 1. The van der Waals surface area contributed by atoms with E-state index < -0.39 is 11.9 Å². The second-order valence-corrected chi connectivity index (χ2v) is 2.44. The fourth-order valence-electron chi connectivity index (χ4n) is 1.04. The van der Waals surface area contributed by atoms with Crippen molar-refractivity contribution in [3.05, 3.63) is 30.0 Å². The Morgan fingerprint density at radius 1 is 1.62 bits per heavy atom. The molecule has 0 aromatic carbocycles. The maximum Gasteiger partial charge on any atom is 0.371 e. The number of halogens is 1. The molecule has 0 unspecified atom stereocenters. The molecule has 0 saturated heterocycles. The summed E-state index contributed by atoms with van der Waals surface area (Å²) >= 11 is 0. The van der Waals surface area contributed by atoms with Crippen LogP contribution in [0.25, 0.3) is 11.0 Å². The first-order valence-corrected chi connectivity index (χ1v) is 3.46. The van der Waals surface area contributed by atoms with Crippen LogP contribution in [0.15, 0.2) is 22.7 Å². The lowest BCUT2D eigenvalue weighted by atomic mass is 10.3. The van der Waals surface area contributed by atoms with Crippen LogP contribution in [-0.2, 0) is 0 Å². The Hall–Kier alpha value is -1.91. The van der Waals surface area contributed by atoms with E-state index in [4.69, 9.17) is 9.52 Å². The standard InChI is InChI=1S/C8H4FNO3/c9-7-6-4(1-2-10-7)3-5(13-6)8(11)12/h1-3H,(H,11,12). The van der Waals surface area contributed by atoms with E-state index in [0.717, 1.165) is 0 Å². The van der Waals surface area contributed by atoms with Crippen LogP contribution in [0.5, 0.6) is 0 Å². The van der Waals surface area contributed by atoms with Crippen LogP contribution < -0.4 is 0 Å². The molecule has 2 heterocycles. The smallest absolute Gasteiger partial charge is 0.371 e. The molecule has 2 aromatic heterocycles. The highest BCUT2D eigenvalue weighted by Crippen LogP contribution is 2.20. The molecule has 4 nitrogen and oxygen atoms in total. The summed E-state index contributed by atoms with van der Waals surface area (Å²) in [5.41, 5.74) is -0.125. The number of carbonyl (C=O) groups is 1. The highest BCUT2D eigenvalue weighted by molar-refractivity contribution is 5.91. The van der Waals surface area contributed by atoms with E-state index in [1.165, 1.54) is 18.3 Å². The molecule has 0 aliphatic heterocycles. The van der Waals surface area contributed by atoms with Crippen LogP contribution >= 0.6 is 0 Å². The Kier molecular flexibility index (Phi) is 1.51. The zero-order valence-electron chi connectivity index (χ0n) is 6.32. The van der Waals surface area contributed by atoms with Crippen LogP contribution in [0.3, 0.4) is 0 Å². The lowest BCUT2D eigenvalue weighted by Gasteiger charge is -1.86. The third-order valence-corrected chi connectivity index (χ3v) is 1.60. The molecule has 0 bridgehead atoms. The van der Waals surface area contributed by atoms with Gasteiger partial charge in [0.15, 0.2) is 5.58 Å². The maximum atomic E-state index is 12.9. The van der Waals surface area contributed by atoms with E-state index in [0.29, 0.717) is 5.39 Å². The average Bonchev–Trinajstić information content (AvgIpc) is 2.49. The highest BCUT2D eigenvalue weighted by Gasteiger charge is 2.13. The van der Waals surface area contributed by atoms with Gasteiger partial charge in [0.2, 0.25) is 5.76 Å². The third-order valence-electron chi connectivity index (χ3n) is 1.60. The molecule has 0 fully saturated rings. The van der Waals surface area contributed by atoms with Gasteiger partial charge in [-0.1, -0.05) is 0 Å². The van der Waals surface area contributed by atoms with E-state index in [9.17, 15) is 9.18 Å². The van der Waals surface area contributed by atoms with Crippen molar-refractivity contribution in [1.29, 1.82) is 0 Å². The molecule has 0 aliphatic carbocycles. The van der Waals surface area contributed by atoms with Crippen molar-refractivity contribution < 1.29 is 18.7 Å². The van der Waals surface area contributed by atoms with E-state index in [1.54, 1.807) is 0 Å². The van der Waals surface area contributed by atoms with Gasteiger partial charge >= 0.3 is 5.97 Å². The molecule has 0 radical (unpaired) electrons. The van der Waals surface area contributed by atoms with E-state index >= 15 is 0 Å².